The Morgan fingerprint density at radius 2 is 1.74 bits per heavy atom. The Bertz CT molecular complexity index is 1850. The number of halogens is 2. The summed E-state index contributed by atoms with van der Waals surface area (Å²) in [5.74, 6) is -3.25. The van der Waals surface area contributed by atoms with Gasteiger partial charge < -0.3 is 83.7 Å². The van der Waals surface area contributed by atoms with Crippen molar-refractivity contribution >= 4 is 17.9 Å². The summed E-state index contributed by atoms with van der Waals surface area (Å²) in [6, 6.07) is 11.1. The van der Waals surface area contributed by atoms with Crippen LogP contribution in [0.1, 0.15) is 60.5 Å². The molecule has 1 saturated carbocycles. The number of cyclic esters (lactones) is 1. The lowest BCUT2D eigenvalue weighted by molar-refractivity contribution is -1.08. The molecule has 57 heavy (non-hydrogen) atoms. The summed E-state index contributed by atoms with van der Waals surface area (Å²) in [7, 11) is 3.83. The predicted octanol–water partition coefficient (Wildman–Crippen LogP) is -1.94. The zero-order valence-electron chi connectivity index (χ0n) is 33.6. The number of H-pyrrole nitrogens is 1. The zero-order valence-corrected chi connectivity index (χ0v) is 37.4. The third-order valence-corrected chi connectivity index (χ3v) is 14.3. The number of aromatic amines is 1. The fraction of sp³-hybridized carbons (Fsp3) is 0.605. The number of quaternary nitrogens is 2. The topological polar surface area (TPSA) is 133 Å². The molecule has 312 valence electrons. The number of hydrogen-bond donors (Lipinski definition) is 2. The molecule has 2 unspecified atom stereocenters. The molecule has 6 heterocycles. The van der Waals surface area contributed by atoms with Gasteiger partial charge in [0.25, 0.3) is 0 Å². The number of nitrogens with zero attached hydrogens (tertiary/aromatic N) is 2. The number of aliphatic hydroxyl groups excluding tert-OH is 1. The molecule has 4 saturated heterocycles. The van der Waals surface area contributed by atoms with Crippen LogP contribution < -0.4 is 41.0 Å². The van der Waals surface area contributed by atoms with Gasteiger partial charge in [0.15, 0.2) is 6.10 Å². The molecule has 0 amide bonds. The number of likely N-dealkylation sites (N-methyl/N-ethyl adjacent to an activating group) is 1. The maximum Gasteiger partial charge on any atom is 0.355 e. The number of carbonyl (C=O) groups excluding carboxylic acids is 3. The van der Waals surface area contributed by atoms with E-state index in [1.165, 1.54) is 7.11 Å². The number of ether oxygens (including phenoxy) is 5. The van der Waals surface area contributed by atoms with Crippen molar-refractivity contribution in [1.82, 2.24) is 4.98 Å². The molecule has 1 spiro atoms. The average Bonchev–Trinajstić information content (AvgIpc) is 3.78. The number of benzene rings is 1. The summed E-state index contributed by atoms with van der Waals surface area (Å²) in [5, 5.41) is 12.1. The van der Waals surface area contributed by atoms with Gasteiger partial charge in [-0.05, 0) is 44.0 Å². The molecule has 0 radical (unpaired) electrons. The number of aromatic nitrogens is 1. The summed E-state index contributed by atoms with van der Waals surface area (Å²) < 4.78 is 33.5. The van der Waals surface area contributed by atoms with Crippen molar-refractivity contribution in [3.63, 3.8) is 0 Å². The third-order valence-electron chi connectivity index (χ3n) is 14.3. The SMILES string of the molecule is CO[C@H]1CC2C=C[C@H]3[C@H]4O[C@]2(/C(C)=C/[C@@H](C)[C@@H](C(C)OC(=O)c2ccccc2C[N+]25CC[N+](C)(CC2)CC5)OC1=O)[C@@H]3[C@H](O)[C@@H](C)[C@H]4OC(=O)c1ccc[nH]1.[Br-].[I-]. The van der Waals surface area contributed by atoms with Crippen LogP contribution in [-0.4, -0.2) is 133 Å². The van der Waals surface area contributed by atoms with Crippen LogP contribution in [0.15, 0.2) is 66.4 Å². The molecule has 12 atom stereocenters. The first-order chi connectivity index (χ1) is 26.3. The highest BCUT2D eigenvalue weighted by Gasteiger charge is 2.69. The van der Waals surface area contributed by atoms with Gasteiger partial charge in [-0.3, -0.25) is 0 Å². The van der Waals surface area contributed by atoms with Crippen molar-refractivity contribution in [3.8, 4) is 0 Å². The Kier molecular flexibility index (Phi) is 13.0. The molecular formula is C43H57BrIN3O9. The number of esters is 3. The van der Waals surface area contributed by atoms with Crippen LogP contribution in [0.3, 0.4) is 0 Å². The summed E-state index contributed by atoms with van der Waals surface area (Å²) >= 11 is 0. The fourth-order valence-electron chi connectivity index (χ4n) is 10.9. The second-order valence-electron chi connectivity index (χ2n) is 17.6. The van der Waals surface area contributed by atoms with E-state index in [0.29, 0.717) is 11.3 Å². The Labute approximate surface area is 363 Å². The largest absolute Gasteiger partial charge is 1.00 e. The molecule has 6 bridgehead atoms. The van der Waals surface area contributed by atoms with Gasteiger partial charge >= 0.3 is 17.9 Å². The van der Waals surface area contributed by atoms with E-state index < -0.39 is 72.0 Å². The van der Waals surface area contributed by atoms with Crippen LogP contribution in [-0.2, 0) is 35.0 Å². The molecule has 1 aromatic carbocycles. The number of methoxy groups -OCH3 is 1. The lowest BCUT2D eigenvalue weighted by Gasteiger charge is -2.54. The second-order valence-corrected chi connectivity index (χ2v) is 17.6. The Hall–Kier alpha value is -2.60. The summed E-state index contributed by atoms with van der Waals surface area (Å²) in [6.07, 6.45) is 3.39. The molecular weight excluding hydrogens is 909 g/mol. The van der Waals surface area contributed by atoms with Crippen LogP contribution >= 0.6 is 0 Å². The number of hydrogen-bond acceptors (Lipinski definition) is 9. The van der Waals surface area contributed by atoms with E-state index in [4.69, 9.17) is 23.7 Å². The van der Waals surface area contributed by atoms with E-state index in [2.05, 4.69) is 24.2 Å². The van der Waals surface area contributed by atoms with Crippen molar-refractivity contribution in [2.24, 2.45) is 29.6 Å². The summed E-state index contributed by atoms with van der Waals surface area (Å²) in [6.45, 7) is 15.1. The Morgan fingerprint density at radius 1 is 1.04 bits per heavy atom. The van der Waals surface area contributed by atoms with Crippen molar-refractivity contribution < 1.29 is 93.1 Å². The number of carbonyl (C=O) groups is 3. The van der Waals surface area contributed by atoms with Gasteiger partial charge in [0.05, 0.1) is 18.7 Å². The molecule has 7 aliphatic rings. The minimum Gasteiger partial charge on any atom is -1.00 e. The molecule has 5 aliphatic heterocycles. The molecule has 9 rings (SSSR count). The normalized spacial score (nSPS) is 40.5. The van der Waals surface area contributed by atoms with E-state index in [-0.39, 0.29) is 65.1 Å². The van der Waals surface area contributed by atoms with E-state index in [9.17, 15) is 19.5 Å². The Morgan fingerprint density at radius 3 is 2.40 bits per heavy atom. The van der Waals surface area contributed by atoms with Gasteiger partial charge in [0.2, 0.25) is 0 Å². The van der Waals surface area contributed by atoms with Gasteiger partial charge in [-0.2, -0.15) is 0 Å². The first-order valence-electron chi connectivity index (χ1n) is 20.1. The lowest BCUT2D eigenvalue weighted by atomic mass is 9.57. The van der Waals surface area contributed by atoms with E-state index in [1.54, 1.807) is 25.3 Å². The highest BCUT2D eigenvalue weighted by Crippen LogP contribution is 2.61. The first kappa shape index (κ1) is 44.0. The van der Waals surface area contributed by atoms with Crippen LogP contribution in [0.25, 0.3) is 0 Å². The van der Waals surface area contributed by atoms with E-state index in [0.717, 1.165) is 65.9 Å². The van der Waals surface area contributed by atoms with Gasteiger partial charge in [0, 0.05) is 48.5 Å². The predicted molar refractivity (Wildman–Crippen MR) is 201 cm³/mol. The van der Waals surface area contributed by atoms with Crippen molar-refractivity contribution in [3.05, 3.63) is 83.2 Å². The monoisotopic (exact) mass is 965 g/mol. The smallest absolute Gasteiger partial charge is 0.355 e. The maximum absolute atomic E-state index is 14.0. The molecule has 14 heteroatoms. The molecule has 2 aromatic rings. The highest BCUT2D eigenvalue weighted by molar-refractivity contribution is 5.91. The standard InChI is InChI=1S/C43H56N3O9.BrH.HI/c1-25-22-26(2)43-30(13-14-32-35(43)36(47)27(3)38(39(32)55-43)54-41(49)33-12-9-15-44-33)23-34(51-6)42(50)53-37(25)28(4)52-40(48)31-11-8-7-10-29(31)24-46-19-16-45(5,17-20-46)18-21-46;;/h7-15,22,25,27-28,30,32,34-39,47H,16-21,23-24H2,1-6H3;2*1H/q+1;;/p-1/b26-22+;;/t25-,27-,28?,30?,32-,34+,35+,36-,37+,38-,39-,43+,45?,46?;;/m1../s1. The Balaban J connectivity index is 0.00000275. The summed E-state index contributed by atoms with van der Waals surface area (Å²) in [5.41, 5.74) is 1.71. The zero-order chi connectivity index (χ0) is 38.9. The average molecular weight is 967 g/mol. The van der Waals surface area contributed by atoms with Gasteiger partial charge in [0.1, 0.15) is 81.5 Å². The highest BCUT2D eigenvalue weighted by atomic mass is 127. The van der Waals surface area contributed by atoms with Gasteiger partial charge in [-0.1, -0.05) is 50.3 Å². The van der Waals surface area contributed by atoms with Crippen LogP contribution in [0.4, 0.5) is 0 Å². The molecule has 5 fully saturated rings. The number of fused-ring (bicyclic) bond motifs is 3. The van der Waals surface area contributed by atoms with Gasteiger partial charge in [-0.15, -0.1) is 0 Å². The van der Waals surface area contributed by atoms with E-state index >= 15 is 0 Å². The molecule has 12 nitrogen and oxygen atoms in total. The fourth-order valence-corrected chi connectivity index (χ4v) is 10.9. The number of rotatable bonds is 8. The van der Waals surface area contributed by atoms with Crippen molar-refractivity contribution in [1.29, 1.82) is 0 Å². The molecule has 2 N–H and O–H groups in total. The van der Waals surface area contributed by atoms with Crippen molar-refractivity contribution in [2.45, 2.75) is 82.9 Å². The number of piperazine rings is 3. The number of aliphatic hydroxyl groups is 1. The third kappa shape index (κ3) is 7.70. The molecule has 1 aromatic heterocycles. The first-order valence-corrected chi connectivity index (χ1v) is 20.1. The minimum atomic E-state index is -1.01. The van der Waals surface area contributed by atoms with Crippen LogP contribution in [0.2, 0.25) is 0 Å². The van der Waals surface area contributed by atoms with Crippen LogP contribution in [0, 0.1) is 29.6 Å². The maximum atomic E-state index is 14.0. The van der Waals surface area contributed by atoms with Gasteiger partial charge in [-0.25, -0.2) is 14.4 Å². The van der Waals surface area contributed by atoms with Crippen molar-refractivity contribution in [2.75, 3.05) is 53.4 Å². The minimum absolute atomic E-state index is 0. The van der Waals surface area contributed by atoms with E-state index in [1.807, 2.05) is 51.1 Å². The molecule has 2 aliphatic carbocycles. The van der Waals surface area contributed by atoms with Crippen LogP contribution in [0.5, 0.6) is 0 Å². The quantitative estimate of drug-likeness (QED) is 0.102. The lowest BCUT2D eigenvalue weighted by Crippen LogP contribution is -3.00. The number of nitrogens with one attached hydrogen (secondary N) is 1. The second kappa shape index (κ2) is 16.8. The summed E-state index contributed by atoms with van der Waals surface area (Å²) in [4.78, 5) is 44.1.